The van der Waals surface area contributed by atoms with E-state index in [0.29, 0.717) is 21.7 Å². The van der Waals surface area contributed by atoms with E-state index in [0.717, 1.165) is 11.1 Å². The monoisotopic (exact) mass is 332 g/mol. The van der Waals surface area contributed by atoms with Gasteiger partial charge in [-0.15, -0.1) is 0 Å². The van der Waals surface area contributed by atoms with Crippen LogP contribution in [0.2, 0.25) is 0 Å². The summed E-state index contributed by atoms with van der Waals surface area (Å²) in [5.41, 5.74) is 8.76. The van der Waals surface area contributed by atoms with Gasteiger partial charge in [0.15, 0.2) is 0 Å². The summed E-state index contributed by atoms with van der Waals surface area (Å²) < 4.78 is 27.8. The van der Waals surface area contributed by atoms with Crippen molar-refractivity contribution in [2.75, 3.05) is 4.72 Å². The Morgan fingerprint density at radius 2 is 1.57 bits per heavy atom. The van der Waals surface area contributed by atoms with Crippen LogP contribution in [0.15, 0.2) is 41.3 Å². The van der Waals surface area contributed by atoms with E-state index >= 15 is 0 Å². The number of sulfonamides is 1. The minimum atomic E-state index is -3.67. The number of amides is 1. The van der Waals surface area contributed by atoms with Gasteiger partial charge >= 0.3 is 0 Å². The molecule has 0 bridgehead atoms. The number of primary amides is 1. The molecular weight excluding hydrogens is 312 g/mol. The van der Waals surface area contributed by atoms with E-state index in [-0.39, 0.29) is 6.42 Å². The number of benzene rings is 2. The first-order valence-corrected chi connectivity index (χ1v) is 8.65. The lowest BCUT2D eigenvalue weighted by Crippen LogP contribution is -2.16. The predicted molar refractivity (Wildman–Crippen MR) is 90.8 cm³/mol. The summed E-state index contributed by atoms with van der Waals surface area (Å²) in [6.45, 7) is 5.50. The van der Waals surface area contributed by atoms with Crippen molar-refractivity contribution in [2.24, 2.45) is 5.73 Å². The summed E-state index contributed by atoms with van der Waals surface area (Å²) >= 11 is 0. The largest absolute Gasteiger partial charge is 0.369 e. The van der Waals surface area contributed by atoms with Crippen LogP contribution in [0.1, 0.15) is 22.3 Å². The van der Waals surface area contributed by atoms with E-state index in [1.807, 2.05) is 19.1 Å². The maximum absolute atomic E-state index is 12.6. The van der Waals surface area contributed by atoms with Crippen LogP contribution >= 0.6 is 0 Å². The van der Waals surface area contributed by atoms with Crippen molar-refractivity contribution < 1.29 is 13.2 Å². The van der Waals surface area contributed by atoms with E-state index in [1.54, 1.807) is 38.1 Å². The highest BCUT2D eigenvalue weighted by atomic mass is 32.2. The Kier molecular flexibility index (Phi) is 4.75. The van der Waals surface area contributed by atoms with Crippen LogP contribution in [0.5, 0.6) is 0 Å². The van der Waals surface area contributed by atoms with Crippen LogP contribution in [0, 0.1) is 20.8 Å². The highest BCUT2D eigenvalue weighted by Crippen LogP contribution is 2.24. The Hall–Kier alpha value is -2.34. The zero-order chi connectivity index (χ0) is 17.2. The van der Waals surface area contributed by atoms with Crippen LogP contribution in [-0.4, -0.2) is 14.3 Å². The minimum absolute atomic E-state index is 0.128. The van der Waals surface area contributed by atoms with Gasteiger partial charge in [0.2, 0.25) is 5.91 Å². The van der Waals surface area contributed by atoms with Crippen LogP contribution < -0.4 is 10.5 Å². The Bertz CT molecular complexity index is 818. The summed E-state index contributed by atoms with van der Waals surface area (Å²) in [6, 6.07) is 10.3. The summed E-state index contributed by atoms with van der Waals surface area (Å²) in [6.07, 6.45) is 0.128. The van der Waals surface area contributed by atoms with E-state index in [4.69, 9.17) is 5.73 Å². The number of aryl methyl sites for hydroxylation is 3. The summed E-state index contributed by atoms with van der Waals surface area (Å²) in [4.78, 5) is 11.2. The molecule has 0 fully saturated rings. The number of hydrogen-bond donors (Lipinski definition) is 2. The van der Waals surface area contributed by atoms with Gasteiger partial charge < -0.3 is 5.73 Å². The first kappa shape index (κ1) is 17.0. The maximum Gasteiger partial charge on any atom is 0.262 e. The number of nitrogens with one attached hydrogen (secondary N) is 1. The molecule has 0 unspecified atom stereocenters. The molecular formula is C17H20N2O3S. The fraction of sp³-hybridized carbons (Fsp3) is 0.235. The second-order valence-electron chi connectivity index (χ2n) is 5.67. The van der Waals surface area contributed by atoms with Crippen molar-refractivity contribution in [2.45, 2.75) is 32.1 Å². The van der Waals surface area contributed by atoms with Crippen molar-refractivity contribution in [1.82, 2.24) is 0 Å². The molecule has 0 saturated heterocycles. The second-order valence-corrected chi connectivity index (χ2v) is 7.29. The smallest absolute Gasteiger partial charge is 0.262 e. The van der Waals surface area contributed by atoms with E-state index in [9.17, 15) is 13.2 Å². The SMILES string of the molecule is Cc1cc(C)c(S(=O)(=O)Nc2ccc(CC(N)=O)cc2)c(C)c1. The standard InChI is InChI=1S/C17H20N2O3S/c1-11-8-12(2)17(13(3)9-11)23(21,22)19-15-6-4-14(5-7-15)10-16(18)20/h4-9,19H,10H2,1-3H3,(H2,18,20). The Morgan fingerprint density at radius 1 is 1.04 bits per heavy atom. The topological polar surface area (TPSA) is 89.3 Å². The fourth-order valence-corrected chi connectivity index (χ4v) is 4.20. The molecule has 0 aromatic heterocycles. The molecule has 0 heterocycles. The molecule has 1 amide bonds. The van der Waals surface area contributed by atoms with Crippen molar-refractivity contribution in [3.63, 3.8) is 0 Å². The molecule has 0 aliphatic heterocycles. The van der Waals surface area contributed by atoms with E-state index in [2.05, 4.69) is 4.72 Å². The average molecular weight is 332 g/mol. The molecule has 6 heteroatoms. The highest BCUT2D eigenvalue weighted by molar-refractivity contribution is 7.92. The molecule has 0 aliphatic carbocycles. The molecule has 2 aromatic carbocycles. The van der Waals surface area contributed by atoms with Crippen LogP contribution in [0.25, 0.3) is 0 Å². The summed E-state index contributed by atoms with van der Waals surface area (Å²) in [7, 11) is -3.67. The third kappa shape index (κ3) is 4.10. The van der Waals surface area contributed by atoms with Crippen molar-refractivity contribution in [3.8, 4) is 0 Å². The molecule has 0 aliphatic rings. The van der Waals surface area contributed by atoms with Gasteiger partial charge in [-0.3, -0.25) is 9.52 Å². The third-order valence-electron chi connectivity index (χ3n) is 3.46. The number of nitrogens with two attached hydrogens (primary N) is 1. The fourth-order valence-electron chi connectivity index (χ4n) is 2.69. The van der Waals surface area contributed by atoms with Crippen LogP contribution in [0.4, 0.5) is 5.69 Å². The number of anilines is 1. The molecule has 2 rings (SSSR count). The Labute approximate surface area is 136 Å². The predicted octanol–water partition coefficient (Wildman–Crippen LogP) is 2.44. The zero-order valence-electron chi connectivity index (χ0n) is 13.4. The van der Waals surface area contributed by atoms with Gasteiger partial charge in [-0.2, -0.15) is 0 Å². The van der Waals surface area contributed by atoms with Crippen molar-refractivity contribution in [1.29, 1.82) is 0 Å². The lowest BCUT2D eigenvalue weighted by molar-refractivity contribution is -0.117. The molecule has 0 saturated carbocycles. The molecule has 5 nitrogen and oxygen atoms in total. The maximum atomic E-state index is 12.6. The Morgan fingerprint density at radius 3 is 2.04 bits per heavy atom. The average Bonchev–Trinajstić information content (AvgIpc) is 2.38. The van der Waals surface area contributed by atoms with Gasteiger partial charge in [0.25, 0.3) is 10.0 Å². The zero-order valence-corrected chi connectivity index (χ0v) is 14.2. The second kappa shape index (κ2) is 6.42. The van der Waals surface area contributed by atoms with Gasteiger partial charge in [0, 0.05) is 5.69 Å². The van der Waals surface area contributed by atoms with Crippen molar-refractivity contribution >= 4 is 21.6 Å². The molecule has 122 valence electrons. The summed E-state index contributed by atoms with van der Waals surface area (Å²) in [5, 5.41) is 0. The van der Waals surface area contributed by atoms with Crippen LogP contribution in [-0.2, 0) is 21.2 Å². The minimum Gasteiger partial charge on any atom is -0.369 e. The molecule has 2 aromatic rings. The first-order valence-electron chi connectivity index (χ1n) is 7.17. The lowest BCUT2D eigenvalue weighted by atomic mass is 10.1. The van der Waals surface area contributed by atoms with E-state index in [1.165, 1.54) is 0 Å². The van der Waals surface area contributed by atoms with E-state index < -0.39 is 15.9 Å². The quantitative estimate of drug-likeness (QED) is 0.881. The molecule has 0 spiro atoms. The number of carbonyl (C=O) groups is 1. The summed E-state index contributed by atoms with van der Waals surface area (Å²) in [5.74, 6) is -0.427. The molecule has 0 atom stereocenters. The van der Waals surface area contributed by atoms with Crippen molar-refractivity contribution in [3.05, 3.63) is 58.7 Å². The third-order valence-corrected chi connectivity index (χ3v) is 5.14. The number of rotatable bonds is 5. The van der Waals surface area contributed by atoms with Gasteiger partial charge in [0.05, 0.1) is 11.3 Å². The van der Waals surface area contributed by atoms with Gasteiger partial charge in [-0.1, -0.05) is 29.8 Å². The van der Waals surface area contributed by atoms with Gasteiger partial charge in [-0.25, -0.2) is 8.42 Å². The lowest BCUT2D eigenvalue weighted by Gasteiger charge is -2.14. The number of carbonyl (C=O) groups excluding carboxylic acids is 1. The highest BCUT2D eigenvalue weighted by Gasteiger charge is 2.20. The molecule has 3 N–H and O–H groups in total. The molecule has 23 heavy (non-hydrogen) atoms. The number of hydrogen-bond acceptors (Lipinski definition) is 3. The Balaban J connectivity index is 2.30. The normalized spacial score (nSPS) is 11.3. The molecule has 0 radical (unpaired) electrons. The first-order chi connectivity index (χ1) is 10.7. The van der Waals surface area contributed by atoms with Crippen LogP contribution in [0.3, 0.4) is 0 Å². The van der Waals surface area contributed by atoms with Gasteiger partial charge in [0.1, 0.15) is 0 Å². The van der Waals surface area contributed by atoms with Gasteiger partial charge in [-0.05, 0) is 49.6 Å².